The number of nitrogens with one attached hydrogen (secondary N) is 2. The molecule has 0 aliphatic heterocycles. The second-order valence-electron chi connectivity index (χ2n) is 5.81. The molecule has 0 spiro atoms. The van der Waals surface area contributed by atoms with Crippen LogP contribution in [0.4, 0.5) is 4.79 Å². The fourth-order valence-corrected chi connectivity index (χ4v) is 2.65. The third kappa shape index (κ3) is 5.19. The van der Waals surface area contributed by atoms with Gasteiger partial charge in [-0.25, -0.2) is 9.78 Å². The van der Waals surface area contributed by atoms with Crippen molar-refractivity contribution in [2.24, 2.45) is 0 Å². The van der Waals surface area contributed by atoms with Gasteiger partial charge in [0.1, 0.15) is 0 Å². The summed E-state index contributed by atoms with van der Waals surface area (Å²) in [5, 5.41) is 5.72. The van der Waals surface area contributed by atoms with Crippen LogP contribution in [0.2, 0.25) is 0 Å². The first-order chi connectivity index (χ1) is 12.0. The summed E-state index contributed by atoms with van der Waals surface area (Å²) in [4.78, 5) is 16.5. The van der Waals surface area contributed by atoms with Gasteiger partial charge in [-0.2, -0.15) is 0 Å². The molecule has 0 saturated heterocycles. The minimum Gasteiger partial charge on any atom is -0.481 e. The van der Waals surface area contributed by atoms with Crippen molar-refractivity contribution < 1.29 is 14.3 Å². The Hall–Kier alpha value is -2.60. The Morgan fingerprint density at radius 3 is 2.44 bits per heavy atom. The lowest BCUT2D eigenvalue weighted by atomic mass is 10.1. The molecule has 6 nitrogen and oxygen atoms in total. The van der Waals surface area contributed by atoms with Crippen molar-refractivity contribution in [3.63, 3.8) is 0 Å². The first-order valence-corrected chi connectivity index (χ1v) is 8.13. The van der Waals surface area contributed by atoms with Gasteiger partial charge in [0.05, 0.1) is 20.3 Å². The van der Waals surface area contributed by atoms with Crippen LogP contribution < -0.4 is 15.4 Å². The summed E-state index contributed by atoms with van der Waals surface area (Å²) in [6.07, 6.45) is 0. The van der Waals surface area contributed by atoms with E-state index in [-0.39, 0.29) is 6.03 Å². The number of rotatable bonds is 7. The van der Waals surface area contributed by atoms with Crippen LogP contribution in [0.3, 0.4) is 0 Å². The zero-order valence-corrected chi connectivity index (χ0v) is 15.2. The first-order valence-electron chi connectivity index (χ1n) is 8.13. The number of ether oxygens (including phenoxy) is 2. The Morgan fingerprint density at radius 2 is 1.76 bits per heavy atom. The van der Waals surface area contributed by atoms with Crippen molar-refractivity contribution in [1.82, 2.24) is 15.6 Å². The van der Waals surface area contributed by atoms with E-state index in [0.717, 1.165) is 27.9 Å². The number of nitrogens with zero attached hydrogens (tertiary/aromatic N) is 1. The molecular formula is C19H25N3O3. The van der Waals surface area contributed by atoms with Crippen LogP contribution in [-0.4, -0.2) is 25.2 Å². The molecule has 0 fully saturated rings. The van der Waals surface area contributed by atoms with Crippen molar-refractivity contribution >= 4 is 6.03 Å². The van der Waals surface area contributed by atoms with Gasteiger partial charge in [-0.05, 0) is 36.6 Å². The Labute approximate surface area is 148 Å². The fraction of sp³-hybridized carbons (Fsp3) is 0.368. The lowest BCUT2D eigenvalue weighted by molar-refractivity contribution is 0.184. The van der Waals surface area contributed by atoms with Crippen LogP contribution in [0.5, 0.6) is 5.88 Å². The number of carbonyl (C=O) groups excluding carboxylic acids is 1. The van der Waals surface area contributed by atoms with Crippen molar-refractivity contribution in [1.29, 1.82) is 0 Å². The van der Waals surface area contributed by atoms with Gasteiger partial charge in [0.15, 0.2) is 0 Å². The summed E-state index contributed by atoms with van der Waals surface area (Å²) >= 11 is 0. The fourth-order valence-electron chi connectivity index (χ4n) is 2.65. The molecule has 134 valence electrons. The largest absolute Gasteiger partial charge is 0.481 e. The molecule has 0 aliphatic carbocycles. The maximum Gasteiger partial charge on any atom is 0.315 e. The first kappa shape index (κ1) is 18.7. The molecule has 0 atom stereocenters. The van der Waals surface area contributed by atoms with Gasteiger partial charge in [-0.1, -0.05) is 24.3 Å². The number of methoxy groups -OCH3 is 2. The van der Waals surface area contributed by atoms with Crippen LogP contribution in [0.1, 0.15) is 27.9 Å². The van der Waals surface area contributed by atoms with Gasteiger partial charge < -0.3 is 20.1 Å². The Balaban J connectivity index is 1.94. The number of aryl methyl sites for hydroxylation is 2. The van der Waals surface area contributed by atoms with E-state index < -0.39 is 0 Å². The number of benzene rings is 1. The summed E-state index contributed by atoms with van der Waals surface area (Å²) in [6, 6.07) is 9.60. The molecule has 1 aromatic carbocycles. The highest BCUT2D eigenvalue weighted by Crippen LogP contribution is 2.20. The van der Waals surface area contributed by atoms with Crippen LogP contribution in [0, 0.1) is 13.8 Å². The van der Waals surface area contributed by atoms with Gasteiger partial charge in [0, 0.05) is 24.9 Å². The predicted octanol–water partition coefficient (Wildman–Crippen LogP) is 2.85. The van der Waals surface area contributed by atoms with Crippen LogP contribution in [0.25, 0.3) is 0 Å². The smallest absolute Gasteiger partial charge is 0.315 e. The van der Waals surface area contributed by atoms with E-state index in [1.54, 1.807) is 14.2 Å². The Kier molecular flexibility index (Phi) is 6.77. The number of hydrogen-bond donors (Lipinski definition) is 2. The quantitative estimate of drug-likeness (QED) is 0.811. The van der Waals surface area contributed by atoms with Gasteiger partial charge in [0.25, 0.3) is 0 Å². The van der Waals surface area contributed by atoms with Crippen LogP contribution in [0.15, 0.2) is 30.3 Å². The molecule has 0 unspecified atom stereocenters. The summed E-state index contributed by atoms with van der Waals surface area (Å²) in [5.74, 6) is 0.545. The summed E-state index contributed by atoms with van der Waals surface area (Å²) in [5.41, 5.74) is 4.89. The highest BCUT2D eigenvalue weighted by atomic mass is 16.5. The van der Waals surface area contributed by atoms with E-state index in [2.05, 4.69) is 15.6 Å². The molecule has 2 aromatic rings. The van der Waals surface area contributed by atoms with Gasteiger partial charge in [-0.3, -0.25) is 0 Å². The number of pyridine rings is 1. The van der Waals surface area contributed by atoms with E-state index in [1.807, 2.05) is 44.2 Å². The molecular weight excluding hydrogens is 318 g/mol. The highest BCUT2D eigenvalue weighted by molar-refractivity contribution is 5.74. The van der Waals surface area contributed by atoms with Gasteiger partial charge in [0.2, 0.25) is 5.88 Å². The SMILES string of the molecule is COCc1ccccc1CNC(=O)NCc1c(C)cc(C)nc1OC. The van der Waals surface area contributed by atoms with E-state index in [9.17, 15) is 4.79 Å². The molecule has 6 heteroatoms. The van der Waals surface area contributed by atoms with Gasteiger partial charge in [-0.15, -0.1) is 0 Å². The number of urea groups is 1. The van der Waals surface area contributed by atoms with Crippen LogP contribution in [-0.2, 0) is 24.4 Å². The predicted molar refractivity (Wildman–Crippen MR) is 96.5 cm³/mol. The molecule has 0 radical (unpaired) electrons. The molecule has 2 N–H and O–H groups in total. The third-order valence-electron chi connectivity index (χ3n) is 3.91. The minimum absolute atomic E-state index is 0.241. The topological polar surface area (TPSA) is 72.5 Å². The Bertz CT molecular complexity index is 732. The number of aromatic nitrogens is 1. The zero-order valence-electron chi connectivity index (χ0n) is 15.2. The van der Waals surface area contributed by atoms with E-state index in [0.29, 0.717) is 25.6 Å². The van der Waals surface area contributed by atoms with E-state index in [4.69, 9.17) is 9.47 Å². The molecule has 25 heavy (non-hydrogen) atoms. The van der Waals surface area contributed by atoms with Crippen molar-refractivity contribution in [3.8, 4) is 5.88 Å². The summed E-state index contributed by atoms with van der Waals surface area (Å²) in [7, 11) is 3.24. The zero-order chi connectivity index (χ0) is 18.2. The molecule has 2 rings (SSSR count). The normalized spacial score (nSPS) is 10.4. The van der Waals surface area contributed by atoms with E-state index in [1.165, 1.54) is 0 Å². The summed E-state index contributed by atoms with van der Waals surface area (Å²) in [6.45, 7) is 5.20. The van der Waals surface area contributed by atoms with Crippen molar-refractivity contribution in [3.05, 3.63) is 58.3 Å². The van der Waals surface area contributed by atoms with E-state index >= 15 is 0 Å². The molecule has 1 heterocycles. The highest BCUT2D eigenvalue weighted by Gasteiger charge is 2.11. The number of hydrogen-bond acceptors (Lipinski definition) is 4. The summed E-state index contributed by atoms with van der Waals surface area (Å²) < 4.78 is 10.5. The number of amides is 2. The molecule has 0 aliphatic rings. The molecule has 0 saturated carbocycles. The lowest BCUT2D eigenvalue weighted by Crippen LogP contribution is -2.35. The average Bonchev–Trinajstić information content (AvgIpc) is 2.59. The van der Waals surface area contributed by atoms with Crippen LogP contribution >= 0.6 is 0 Å². The second kappa shape index (κ2) is 9.03. The number of carbonyl (C=O) groups is 1. The van der Waals surface area contributed by atoms with Crippen molar-refractivity contribution in [2.45, 2.75) is 33.5 Å². The third-order valence-corrected chi connectivity index (χ3v) is 3.91. The van der Waals surface area contributed by atoms with Gasteiger partial charge >= 0.3 is 6.03 Å². The molecule has 1 aromatic heterocycles. The molecule has 2 amide bonds. The second-order valence-corrected chi connectivity index (χ2v) is 5.81. The van der Waals surface area contributed by atoms with Crippen molar-refractivity contribution in [2.75, 3.05) is 14.2 Å². The monoisotopic (exact) mass is 343 g/mol. The lowest BCUT2D eigenvalue weighted by Gasteiger charge is -2.14. The Morgan fingerprint density at radius 1 is 1.08 bits per heavy atom. The maximum atomic E-state index is 12.1. The molecule has 0 bridgehead atoms. The standard InChI is InChI=1S/C19H25N3O3/c1-13-9-14(2)22-18(25-4)17(13)11-21-19(23)20-10-15-7-5-6-8-16(15)12-24-3/h5-9H,10-12H2,1-4H3,(H2,20,21,23). The average molecular weight is 343 g/mol. The minimum atomic E-state index is -0.241. The maximum absolute atomic E-state index is 12.1.